The Kier molecular flexibility index (Phi) is 4.71. The van der Waals surface area contributed by atoms with Gasteiger partial charge in [0.05, 0.1) is 12.4 Å². The van der Waals surface area contributed by atoms with Crippen LogP contribution in [-0.4, -0.2) is 20.9 Å². The summed E-state index contributed by atoms with van der Waals surface area (Å²) in [6.07, 6.45) is 6.16. The van der Waals surface area contributed by atoms with Crippen LogP contribution < -0.4 is 10.6 Å². The largest absolute Gasteiger partial charge is 0.347 e. The van der Waals surface area contributed by atoms with Gasteiger partial charge in [0.25, 0.3) is 5.91 Å². The van der Waals surface area contributed by atoms with E-state index in [1.54, 1.807) is 24.5 Å². The summed E-state index contributed by atoms with van der Waals surface area (Å²) >= 11 is 0. The van der Waals surface area contributed by atoms with Gasteiger partial charge in [-0.3, -0.25) is 9.78 Å². The minimum absolute atomic E-state index is 0.216. The van der Waals surface area contributed by atoms with E-state index >= 15 is 0 Å². The fraction of sp³-hybridized carbons (Fsp3) is 0.0588. The third kappa shape index (κ3) is 4.10. The van der Waals surface area contributed by atoms with Gasteiger partial charge in [0, 0.05) is 24.6 Å². The van der Waals surface area contributed by atoms with Crippen LogP contribution in [0.4, 0.5) is 15.9 Å². The van der Waals surface area contributed by atoms with Gasteiger partial charge in [-0.2, -0.15) is 0 Å². The zero-order valence-electron chi connectivity index (χ0n) is 12.6. The van der Waals surface area contributed by atoms with Crippen molar-refractivity contribution in [3.05, 3.63) is 78.3 Å². The van der Waals surface area contributed by atoms with Crippen LogP contribution in [0.1, 0.15) is 16.1 Å². The van der Waals surface area contributed by atoms with Gasteiger partial charge in [-0.05, 0) is 42.0 Å². The molecular formula is C17H14FN5O. The molecule has 6 nitrogen and oxygen atoms in total. The molecular weight excluding hydrogens is 309 g/mol. The second-order valence-corrected chi connectivity index (χ2v) is 4.96. The first-order valence-corrected chi connectivity index (χ1v) is 7.22. The van der Waals surface area contributed by atoms with Crippen molar-refractivity contribution in [2.24, 2.45) is 0 Å². The van der Waals surface area contributed by atoms with Crippen LogP contribution >= 0.6 is 0 Å². The molecule has 0 saturated heterocycles. The van der Waals surface area contributed by atoms with E-state index in [9.17, 15) is 9.18 Å². The molecule has 2 N–H and O–H groups in total. The monoisotopic (exact) mass is 323 g/mol. The molecule has 0 saturated carbocycles. The number of rotatable bonds is 5. The van der Waals surface area contributed by atoms with E-state index in [2.05, 4.69) is 25.6 Å². The predicted octanol–water partition coefficient (Wildman–Crippen LogP) is 2.68. The number of benzene rings is 1. The van der Waals surface area contributed by atoms with Crippen LogP contribution in [0.5, 0.6) is 0 Å². The van der Waals surface area contributed by atoms with Crippen molar-refractivity contribution >= 4 is 17.4 Å². The topological polar surface area (TPSA) is 79.8 Å². The Bertz CT molecular complexity index is 807. The SMILES string of the molecule is O=C(NCc1ccncc1)c1cnc(Nc2ccc(F)cc2)cn1. The lowest BCUT2D eigenvalue weighted by Gasteiger charge is -2.07. The summed E-state index contributed by atoms with van der Waals surface area (Å²) in [5.74, 6) is -0.159. The summed E-state index contributed by atoms with van der Waals surface area (Å²) in [4.78, 5) is 24.2. The highest BCUT2D eigenvalue weighted by Gasteiger charge is 2.08. The quantitative estimate of drug-likeness (QED) is 0.754. The molecule has 3 rings (SSSR count). The molecule has 2 aromatic heterocycles. The molecule has 0 bridgehead atoms. The van der Waals surface area contributed by atoms with Crippen molar-refractivity contribution in [3.63, 3.8) is 0 Å². The molecule has 0 aliphatic heterocycles. The maximum Gasteiger partial charge on any atom is 0.271 e. The van der Waals surface area contributed by atoms with Gasteiger partial charge < -0.3 is 10.6 Å². The van der Waals surface area contributed by atoms with Gasteiger partial charge in [0.15, 0.2) is 0 Å². The molecule has 0 radical (unpaired) electrons. The normalized spacial score (nSPS) is 10.2. The molecule has 1 aromatic carbocycles. The molecule has 3 aromatic rings. The first-order chi connectivity index (χ1) is 11.7. The summed E-state index contributed by atoms with van der Waals surface area (Å²) in [5.41, 5.74) is 1.84. The van der Waals surface area contributed by atoms with Crippen LogP contribution in [0.3, 0.4) is 0 Å². The lowest BCUT2D eigenvalue weighted by molar-refractivity contribution is 0.0945. The number of carbonyl (C=O) groups is 1. The van der Waals surface area contributed by atoms with E-state index < -0.39 is 0 Å². The molecule has 0 unspecified atom stereocenters. The highest BCUT2D eigenvalue weighted by Crippen LogP contribution is 2.14. The zero-order valence-corrected chi connectivity index (χ0v) is 12.6. The number of amides is 1. The highest BCUT2D eigenvalue weighted by atomic mass is 19.1. The van der Waals surface area contributed by atoms with Crippen molar-refractivity contribution in [3.8, 4) is 0 Å². The lowest BCUT2D eigenvalue weighted by Crippen LogP contribution is -2.24. The molecule has 1 amide bonds. The number of hydrogen-bond donors (Lipinski definition) is 2. The van der Waals surface area contributed by atoms with Crippen molar-refractivity contribution in [2.75, 3.05) is 5.32 Å². The molecule has 24 heavy (non-hydrogen) atoms. The summed E-state index contributed by atoms with van der Waals surface area (Å²) < 4.78 is 12.9. The average Bonchev–Trinajstić information content (AvgIpc) is 2.63. The second-order valence-electron chi connectivity index (χ2n) is 4.96. The summed E-state index contributed by atoms with van der Waals surface area (Å²) in [5, 5.41) is 5.74. The van der Waals surface area contributed by atoms with Gasteiger partial charge >= 0.3 is 0 Å². The Morgan fingerprint density at radius 1 is 1.00 bits per heavy atom. The fourth-order valence-electron chi connectivity index (χ4n) is 1.96. The highest BCUT2D eigenvalue weighted by molar-refractivity contribution is 5.92. The molecule has 0 spiro atoms. The summed E-state index contributed by atoms with van der Waals surface area (Å²) in [7, 11) is 0. The minimum Gasteiger partial charge on any atom is -0.347 e. The van der Waals surface area contributed by atoms with E-state index in [0.717, 1.165) is 5.56 Å². The fourth-order valence-corrected chi connectivity index (χ4v) is 1.96. The molecule has 0 atom stereocenters. The van der Waals surface area contributed by atoms with Crippen LogP contribution in [0, 0.1) is 5.82 Å². The number of nitrogens with one attached hydrogen (secondary N) is 2. The van der Waals surface area contributed by atoms with Crippen LogP contribution in [0.15, 0.2) is 61.2 Å². The number of pyridine rings is 1. The Morgan fingerprint density at radius 3 is 2.42 bits per heavy atom. The van der Waals surface area contributed by atoms with Gasteiger partial charge in [0.1, 0.15) is 17.3 Å². The first kappa shape index (κ1) is 15.5. The number of halogens is 1. The van der Waals surface area contributed by atoms with Crippen molar-refractivity contribution < 1.29 is 9.18 Å². The van der Waals surface area contributed by atoms with E-state index in [4.69, 9.17) is 0 Å². The van der Waals surface area contributed by atoms with E-state index in [-0.39, 0.29) is 17.4 Å². The predicted molar refractivity (Wildman–Crippen MR) is 87.1 cm³/mol. The van der Waals surface area contributed by atoms with Crippen molar-refractivity contribution in [2.45, 2.75) is 6.54 Å². The Balaban J connectivity index is 1.59. The molecule has 7 heteroatoms. The van der Waals surface area contributed by atoms with E-state index in [1.807, 2.05) is 12.1 Å². The molecule has 0 aliphatic carbocycles. The van der Waals surface area contributed by atoms with Gasteiger partial charge in [-0.15, -0.1) is 0 Å². The zero-order chi connectivity index (χ0) is 16.8. The number of carbonyl (C=O) groups excluding carboxylic acids is 1. The first-order valence-electron chi connectivity index (χ1n) is 7.22. The van der Waals surface area contributed by atoms with Crippen molar-refractivity contribution in [1.82, 2.24) is 20.3 Å². The second kappa shape index (κ2) is 7.28. The maximum atomic E-state index is 12.9. The molecule has 2 heterocycles. The molecule has 0 aliphatic rings. The number of anilines is 2. The number of hydrogen-bond acceptors (Lipinski definition) is 5. The standard InChI is InChI=1S/C17H14FN5O/c18-13-1-3-14(4-2-13)23-16-11-20-15(10-21-16)17(24)22-9-12-5-7-19-8-6-12/h1-8,10-11H,9H2,(H,21,23)(H,22,24). The minimum atomic E-state index is -0.312. The third-order valence-electron chi connectivity index (χ3n) is 3.20. The van der Waals surface area contributed by atoms with Crippen LogP contribution in [-0.2, 0) is 6.54 Å². The Morgan fingerprint density at radius 2 is 1.75 bits per heavy atom. The molecule has 120 valence electrons. The Labute approximate surface area is 137 Å². The van der Waals surface area contributed by atoms with E-state index in [0.29, 0.717) is 18.1 Å². The number of aromatic nitrogens is 3. The van der Waals surface area contributed by atoms with Gasteiger partial charge in [-0.1, -0.05) is 0 Å². The summed E-state index contributed by atoms with van der Waals surface area (Å²) in [6, 6.07) is 9.51. The van der Waals surface area contributed by atoms with Gasteiger partial charge in [-0.25, -0.2) is 14.4 Å². The number of nitrogens with zero attached hydrogens (tertiary/aromatic N) is 3. The maximum absolute atomic E-state index is 12.9. The van der Waals surface area contributed by atoms with Crippen molar-refractivity contribution in [1.29, 1.82) is 0 Å². The average molecular weight is 323 g/mol. The molecule has 0 fully saturated rings. The van der Waals surface area contributed by atoms with Crippen LogP contribution in [0.25, 0.3) is 0 Å². The summed E-state index contributed by atoms with van der Waals surface area (Å²) in [6.45, 7) is 0.388. The smallest absolute Gasteiger partial charge is 0.271 e. The van der Waals surface area contributed by atoms with Gasteiger partial charge in [0.2, 0.25) is 0 Å². The van der Waals surface area contributed by atoms with Crippen LogP contribution in [0.2, 0.25) is 0 Å². The lowest BCUT2D eigenvalue weighted by atomic mass is 10.2. The van der Waals surface area contributed by atoms with E-state index in [1.165, 1.54) is 24.5 Å². The Hall–Kier alpha value is -3.35. The third-order valence-corrected chi connectivity index (χ3v) is 3.20.